The lowest BCUT2D eigenvalue weighted by Crippen LogP contribution is -2.54. The minimum Gasteiger partial charge on any atom is -0.377 e. The summed E-state index contributed by atoms with van der Waals surface area (Å²) in [6.07, 6.45) is 4.57. The van der Waals surface area contributed by atoms with E-state index >= 15 is 0 Å². The Kier molecular flexibility index (Phi) is 7.20. The fourth-order valence-electron chi connectivity index (χ4n) is 2.79. The highest BCUT2D eigenvalue weighted by atomic mass is 16.5. The van der Waals surface area contributed by atoms with E-state index in [0.29, 0.717) is 12.0 Å². The van der Waals surface area contributed by atoms with Gasteiger partial charge < -0.3 is 10.1 Å². The molecule has 0 saturated carbocycles. The van der Waals surface area contributed by atoms with Crippen molar-refractivity contribution in [1.82, 2.24) is 5.32 Å². The molecule has 0 aromatic rings. The number of ether oxygens (including phenoxy) is 1. The summed E-state index contributed by atoms with van der Waals surface area (Å²) in [5, 5.41) is 3.47. The molecule has 1 unspecified atom stereocenters. The summed E-state index contributed by atoms with van der Waals surface area (Å²) in [7, 11) is 3.90. The van der Waals surface area contributed by atoms with Gasteiger partial charge in [-0.2, -0.15) is 0 Å². The maximum absolute atomic E-state index is 5.81. The summed E-state index contributed by atoms with van der Waals surface area (Å²) in [6, 6.07) is 0.465. The minimum absolute atomic E-state index is 0.00539. The smallest absolute Gasteiger partial charge is 0.0828 e. The molecule has 0 aromatic heterocycles. The molecule has 0 heterocycles. The monoisotopic (exact) mass is 215 g/mol. The standard InChI is InChI=1S/C13H29NO/c1-7-11(8-2)12(14-5)13(9-3,10-4)15-6/h11-12,14H,7-10H2,1-6H3. The Morgan fingerprint density at radius 3 is 1.73 bits per heavy atom. The van der Waals surface area contributed by atoms with Crippen LogP contribution >= 0.6 is 0 Å². The molecule has 0 fully saturated rings. The highest BCUT2D eigenvalue weighted by Crippen LogP contribution is 2.31. The van der Waals surface area contributed by atoms with E-state index in [-0.39, 0.29) is 5.60 Å². The summed E-state index contributed by atoms with van der Waals surface area (Å²) in [6.45, 7) is 8.98. The first kappa shape index (κ1) is 14.9. The van der Waals surface area contributed by atoms with Crippen LogP contribution in [0.4, 0.5) is 0 Å². The van der Waals surface area contributed by atoms with E-state index in [0.717, 1.165) is 12.8 Å². The fraction of sp³-hybridized carbons (Fsp3) is 1.00. The van der Waals surface area contributed by atoms with E-state index in [9.17, 15) is 0 Å². The lowest BCUT2D eigenvalue weighted by Gasteiger charge is -2.42. The normalized spacial score (nSPS) is 14.6. The number of nitrogens with one attached hydrogen (secondary N) is 1. The molecule has 0 aromatic carbocycles. The zero-order valence-corrected chi connectivity index (χ0v) is 11.4. The summed E-state index contributed by atoms with van der Waals surface area (Å²) >= 11 is 0. The lowest BCUT2D eigenvalue weighted by atomic mass is 9.78. The van der Waals surface area contributed by atoms with Crippen LogP contribution in [0.3, 0.4) is 0 Å². The molecular formula is C13H29NO. The predicted octanol–water partition coefficient (Wildman–Crippen LogP) is 3.22. The van der Waals surface area contributed by atoms with Gasteiger partial charge in [0.25, 0.3) is 0 Å². The van der Waals surface area contributed by atoms with Crippen molar-refractivity contribution in [3.8, 4) is 0 Å². The van der Waals surface area contributed by atoms with Gasteiger partial charge >= 0.3 is 0 Å². The van der Waals surface area contributed by atoms with Gasteiger partial charge in [0.15, 0.2) is 0 Å². The second-order valence-electron chi connectivity index (χ2n) is 4.32. The topological polar surface area (TPSA) is 21.3 Å². The molecule has 0 spiro atoms. The first-order valence-corrected chi connectivity index (χ1v) is 6.38. The molecule has 0 aliphatic heterocycles. The quantitative estimate of drug-likeness (QED) is 0.671. The van der Waals surface area contributed by atoms with Crippen molar-refractivity contribution >= 4 is 0 Å². The molecular weight excluding hydrogens is 186 g/mol. The van der Waals surface area contributed by atoms with Gasteiger partial charge in [-0.3, -0.25) is 0 Å². The average molecular weight is 215 g/mol. The minimum atomic E-state index is 0.00539. The Labute approximate surface area is 95.8 Å². The van der Waals surface area contributed by atoms with Crippen molar-refractivity contribution in [1.29, 1.82) is 0 Å². The number of methoxy groups -OCH3 is 1. The summed E-state index contributed by atoms with van der Waals surface area (Å²) in [5.41, 5.74) is 0.00539. The van der Waals surface area contributed by atoms with Crippen LogP contribution in [0.2, 0.25) is 0 Å². The second-order valence-corrected chi connectivity index (χ2v) is 4.32. The van der Waals surface area contributed by atoms with E-state index < -0.39 is 0 Å². The van der Waals surface area contributed by atoms with Crippen LogP contribution in [-0.2, 0) is 4.74 Å². The highest BCUT2D eigenvalue weighted by molar-refractivity contribution is 4.94. The van der Waals surface area contributed by atoms with Crippen LogP contribution in [-0.4, -0.2) is 25.8 Å². The Morgan fingerprint density at radius 1 is 1.07 bits per heavy atom. The van der Waals surface area contributed by atoms with E-state index in [4.69, 9.17) is 4.74 Å². The number of hydrogen-bond acceptors (Lipinski definition) is 2. The molecule has 1 N–H and O–H groups in total. The molecule has 0 saturated heterocycles. The van der Waals surface area contributed by atoms with Crippen molar-refractivity contribution in [2.45, 2.75) is 65.0 Å². The predicted molar refractivity (Wildman–Crippen MR) is 67.2 cm³/mol. The average Bonchev–Trinajstić information content (AvgIpc) is 2.30. The molecule has 2 nitrogen and oxygen atoms in total. The first-order valence-electron chi connectivity index (χ1n) is 6.38. The fourth-order valence-corrected chi connectivity index (χ4v) is 2.79. The summed E-state index contributed by atoms with van der Waals surface area (Å²) in [4.78, 5) is 0. The Morgan fingerprint density at radius 2 is 1.53 bits per heavy atom. The highest BCUT2D eigenvalue weighted by Gasteiger charge is 2.38. The van der Waals surface area contributed by atoms with Crippen molar-refractivity contribution in [2.75, 3.05) is 14.2 Å². The number of rotatable bonds is 8. The van der Waals surface area contributed by atoms with Gasteiger partial charge in [-0.05, 0) is 25.8 Å². The van der Waals surface area contributed by atoms with Crippen LogP contribution in [0, 0.1) is 5.92 Å². The van der Waals surface area contributed by atoms with Gasteiger partial charge in [-0.25, -0.2) is 0 Å². The van der Waals surface area contributed by atoms with Gasteiger partial charge in [0.2, 0.25) is 0 Å². The van der Waals surface area contributed by atoms with Crippen molar-refractivity contribution < 1.29 is 4.74 Å². The van der Waals surface area contributed by atoms with E-state index in [1.165, 1.54) is 12.8 Å². The van der Waals surface area contributed by atoms with Gasteiger partial charge in [-0.1, -0.05) is 40.5 Å². The van der Waals surface area contributed by atoms with Crippen molar-refractivity contribution in [3.05, 3.63) is 0 Å². The molecule has 15 heavy (non-hydrogen) atoms. The molecule has 92 valence electrons. The van der Waals surface area contributed by atoms with Crippen LogP contribution in [0.1, 0.15) is 53.4 Å². The second kappa shape index (κ2) is 7.24. The molecule has 1 atom stereocenters. The SMILES string of the molecule is CCC(CC)C(NC)C(CC)(CC)OC. The third-order valence-electron chi connectivity index (χ3n) is 4.00. The van der Waals surface area contributed by atoms with E-state index in [2.05, 4.69) is 40.1 Å². The van der Waals surface area contributed by atoms with Crippen molar-refractivity contribution in [3.63, 3.8) is 0 Å². The van der Waals surface area contributed by atoms with Crippen LogP contribution in [0.15, 0.2) is 0 Å². The third kappa shape index (κ3) is 3.18. The molecule has 0 rings (SSSR count). The van der Waals surface area contributed by atoms with Gasteiger partial charge in [0.1, 0.15) is 0 Å². The van der Waals surface area contributed by atoms with Gasteiger partial charge in [-0.15, -0.1) is 0 Å². The summed E-state index contributed by atoms with van der Waals surface area (Å²) < 4.78 is 5.81. The van der Waals surface area contributed by atoms with E-state index in [1.807, 2.05) is 7.11 Å². The molecule has 0 aliphatic carbocycles. The summed E-state index contributed by atoms with van der Waals surface area (Å²) in [5.74, 6) is 0.704. The van der Waals surface area contributed by atoms with Crippen LogP contribution in [0.25, 0.3) is 0 Å². The molecule has 2 heteroatoms. The zero-order chi connectivity index (χ0) is 11.9. The molecule has 0 bridgehead atoms. The first-order chi connectivity index (χ1) is 7.15. The molecule has 0 aliphatic rings. The van der Waals surface area contributed by atoms with E-state index in [1.54, 1.807) is 0 Å². The Balaban J connectivity index is 4.86. The van der Waals surface area contributed by atoms with Crippen molar-refractivity contribution in [2.24, 2.45) is 5.92 Å². The maximum Gasteiger partial charge on any atom is 0.0828 e. The van der Waals surface area contributed by atoms with Gasteiger partial charge in [0.05, 0.1) is 5.60 Å². The van der Waals surface area contributed by atoms with Crippen LogP contribution < -0.4 is 5.32 Å². The largest absolute Gasteiger partial charge is 0.377 e. The van der Waals surface area contributed by atoms with Crippen LogP contribution in [0.5, 0.6) is 0 Å². The molecule has 0 radical (unpaired) electrons. The molecule has 0 amide bonds. The Hall–Kier alpha value is -0.0800. The number of likely N-dealkylation sites (N-methyl/N-ethyl adjacent to an activating group) is 1. The van der Waals surface area contributed by atoms with Gasteiger partial charge in [0, 0.05) is 13.2 Å². The zero-order valence-electron chi connectivity index (χ0n) is 11.4. The lowest BCUT2D eigenvalue weighted by molar-refractivity contribution is -0.0619. The maximum atomic E-state index is 5.81. The third-order valence-corrected chi connectivity index (χ3v) is 4.00. The number of hydrogen-bond donors (Lipinski definition) is 1. The Bertz CT molecular complexity index is 142.